The van der Waals surface area contributed by atoms with E-state index in [9.17, 15) is 14.7 Å². The molecule has 2 aromatic carbocycles. The van der Waals surface area contributed by atoms with Crippen molar-refractivity contribution in [3.63, 3.8) is 0 Å². The summed E-state index contributed by atoms with van der Waals surface area (Å²) in [4.78, 5) is 26.6. The topological polar surface area (TPSA) is 78.9 Å². The molecule has 0 aromatic heterocycles. The number of aliphatic hydroxyl groups excluding tert-OH is 1. The normalized spacial score (nSPS) is 16.6. The van der Waals surface area contributed by atoms with Gasteiger partial charge in [0.15, 0.2) is 0 Å². The maximum Gasteiger partial charge on any atom is 0.229 e. The van der Waals surface area contributed by atoms with Gasteiger partial charge in [-0.15, -0.1) is 0 Å². The van der Waals surface area contributed by atoms with Crippen molar-refractivity contribution in [1.82, 2.24) is 0 Å². The van der Waals surface area contributed by atoms with Crippen molar-refractivity contribution in [2.45, 2.75) is 20.0 Å². The van der Waals surface area contributed by atoms with E-state index in [-0.39, 0.29) is 24.8 Å². The van der Waals surface area contributed by atoms with Crippen LogP contribution in [0.15, 0.2) is 48.5 Å². The number of para-hydroxylation sites is 2. The molecule has 1 unspecified atom stereocenters. The van der Waals surface area contributed by atoms with Crippen LogP contribution >= 0.6 is 0 Å². The molecule has 2 aromatic rings. The number of amides is 2. The first kappa shape index (κ1) is 17.9. The highest BCUT2D eigenvalue weighted by Crippen LogP contribution is 2.33. The van der Waals surface area contributed by atoms with E-state index in [1.165, 1.54) is 0 Å². The third kappa shape index (κ3) is 3.86. The van der Waals surface area contributed by atoms with Gasteiger partial charge < -0.3 is 20.1 Å². The molecule has 1 atom stereocenters. The van der Waals surface area contributed by atoms with Crippen LogP contribution < -0.4 is 15.0 Å². The fourth-order valence-electron chi connectivity index (χ4n) is 3.07. The Morgan fingerprint density at radius 1 is 1.27 bits per heavy atom. The molecule has 0 radical (unpaired) electrons. The van der Waals surface area contributed by atoms with E-state index in [1.54, 1.807) is 29.2 Å². The van der Waals surface area contributed by atoms with E-state index in [4.69, 9.17) is 4.74 Å². The summed E-state index contributed by atoms with van der Waals surface area (Å²) in [5, 5.41) is 12.0. The highest BCUT2D eigenvalue weighted by molar-refractivity contribution is 6.04. The fraction of sp³-hybridized carbons (Fsp3) is 0.300. The van der Waals surface area contributed by atoms with Crippen molar-refractivity contribution in [2.75, 3.05) is 23.4 Å². The fourth-order valence-corrected chi connectivity index (χ4v) is 3.07. The van der Waals surface area contributed by atoms with Gasteiger partial charge >= 0.3 is 0 Å². The lowest BCUT2D eigenvalue weighted by Gasteiger charge is -2.20. The van der Waals surface area contributed by atoms with Crippen LogP contribution in [0.2, 0.25) is 0 Å². The van der Waals surface area contributed by atoms with Gasteiger partial charge in [-0.3, -0.25) is 9.59 Å². The molecule has 0 saturated carbocycles. The maximum atomic E-state index is 12.6. The number of carbonyl (C=O) groups excluding carboxylic acids is 2. The monoisotopic (exact) mass is 354 g/mol. The number of hydrogen-bond acceptors (Lipinski definition) is 4. The zero-order chi connectivity index (χ0) is 18.5. The molecule has 26 heavy (non-hydrogen) atoms. The Morgan fingerprint density at radius 3 is 2.85 bits per heavy atom. The number of hydrogen-bond donors (Lipinski definition) is 2. The average molecular weight is 354 g/mol. The van der Waals surface area contributed by atoms with Crippen molar-refractivity contribution >= 4 is 23.2 Å². The standard InChI is InChI=1S/C20H22N2O4/c1-2-26-18-9-4-3-8-17(18)22-12-15(11-19(22)24)20(25)21-16-7-5-6-14(10-16)13-23/h3-10,15,23H,2,11-13H2,1H3,(H,21,25). The van der Waals surface area contributed by atoms with Gasteiger partial charge in [0, 0.05) is 18.7 Å². The van der Waals surface area contributed by atoms with Crippen molar-refractivity contribution in [3.05, 3.63) is 54.1 Å². The Balaban J connectivity index is 1.72. The second kappa shape index (κ2) is 8.01. The lowest BCUT2D eigenvalue weighted by molar-refractivity contribution is -0.122. The Bertz CT molecular complexity index is 806. The minimum atomic E-state index is -0.435. The van der Waals surface area contributed by atoms with E-state index in [1.807, 2.05) is 31.2 Å². The van der Waals surface area contributed by atoms with E-state index >= 15 is 0 Å². The quantitative estimate of drug-likeness (QED) is 0.836. The lowest BCUT2D eigenvalue weighted by Crippen LogP contribution is -2.28. The van der Waals surface area contributed by atoms with Crippen LogP contribution in [0, 0.1) is 5.92 Å². The first-order chi connectivity index (χ1) is 12.6. The first-order valence-corrected chi connectivity index (χ1v) is 8.65. The molecule has 6 heteroatoms. The van der Waals surface area contributed by atoms with Crippen LogP contribution in [-0.2, 0) is 16.2 Å². The Morgan fingerprint density at radius 2 is 2.08 bits per heavy atom. The molecule has 2 N–H and O–H groups in total. The van der Waals surface area contributed by atoms with Crippen molar-refractivity contribution in [1.29, 1.82) is 0 Å². The van der Waals surface area contributed by atoms with Crippen LogP contribution in [0.3, 0.4) is 0 Å². The second-order valence-electron chi connectivity index (χ2n) is 6.15. The summed E-state index contributed by atoms with van der Waals surface area (Å²) >= 11 is 0. The molecule has 1 fully saturated rings. The summed E-state index contributed by atoms with van der Waals surface area (Å²) in [6.07, 6.45) is 0.159. The number of ether oxygens (including phenoxy) is 1. The summed E-state index contributed by atoms with van der Waals surface area (Å²) in [5.41, 5.74) is 2.02. The van der Waals surface area contributed by atoms with Crippen molar-refractivity contribution in [2.24, 2.45) is 5.92 Å². The summed E-state index contributed by atoms with van der Waals surface area (Å²) in [6, 6.07) is 14.4. The van der Waals surface area contributed by atoms with Gasteiger partial charge in [0.05, 0.1) is 24.8 Å². The van der Waals surface area contributed by atoms with E-state index in [0.29, 0.717) is 30.3 Å². The molecule has 136 valence electrons. The largest absolute Gasteiger partial charge is 0.492 e. The van der Waals surface area contributed by atoms with Gasteiger partial charge in [-0.05, 0) is 36.8 Å². The minimum Gasteiger partial charge on any atom is -0.492 e. The zero-order valence-corrected chi connectivity index (χ0v) is 14.6. The molecular formula is C20H22N2O4. The molecule has 1 aliphatic heterocycles. The highest BCUT2D eigenvalue weighted by atomic mass is 16.5. The molecule has 1 aliphatic rings. The molecule has 0 aliphatic carbocycles. The summed E-state index contributed by atoms with van der Waals surface area (Å²) in [7, 11) is 0. The van der Waals surface area contributed by atoms with Crippen LogP contribution in [0.1, 0.15) is 18.9 Å². The molecule has 1 heterocycles. The average Bonchev–Trinajstić information content (AvgIpc) is 3.04. The number of rotatable bonds is 6. The zero-order valence-electron chi connectivity index (χ0n) is 14.6. The van der Waals surface area contributed by atoms with Crippen LogP contribution in [-0.4, -0.2) is 30.1 Å². The Labute approximate surface area is 152 Å². The number of nitrogens with zero attached hydrogens (tertiary/aromatic N) is 1. The smallest absolute Gasteiger partial charge is 0.229 e. The molecule has 0 bridgehead atoms. The number of carbonyl (C=O) groups is 2. The van der Waals surface area contributed by atoms with E-state index in [2.05, 4.69) is 5.32 Å². The molecule has 1 saturated heterocycles. The number of nitrogens with one attached hydrogen (secondary N) is 1. The van der Waals surface area contributed by atoms with E-state index in [0.717, 1.165) is 5.56 Å². The Hall–Kier alpha value is -2.86. The lowest BCUT2D eigenvalue weighted by atomic mass is 10.1. The van der Waals surface area contributed by atoms with Gasteiger partial charge in [0.25, 0.3) is 0 Å². The summed E-state index contributed by atoms with van der Waals surface area (Å²) < 4.78 is 5.60. The first-order valence-electron chi connectivity index (χ1n) is 8.65. The molecule has 6 nitrogen and oxygen atoms in total. The van der Waals surface area contributed by atoms with Gasteiger partial charge in [-0.2, -0.15) is 0 Å². The van der Waals surface area contributed by atoms with E-state index < -0.39 is 5.92 Å². The summed E-state index contributed by atoms with van der Waals surface area (Å²) in [5.74, 6) is -0.0961. The maximum absolute atomic E-state index is 12.6. The van der Waals surface area contributed by atoms with Gasteiger partial charge in [0.2, 0.25) is 11.8 Å². The predicted molar refractivity (Wildman–Crippen MR) is 99.1 cm³/mol. The molecule has 2 amide bonds. The van der Waals surface area contributed by atoms with Crippen molar-refractivity contribution in [3.8, 4) is 5.75 Å². The highest BCUT2D eigenvalue weighted by Gasteiger charge is 2.36. The molecular weight excluding hydrogens is 332 g/mol. The van der Waals surface area contributed by atoms with Crippen molar-refractivity contribution < 1.29 is 19.4 Å². The third-order valence-corrected chi connectivity index (χ3v) is 4.33. The number of benzene rings is 2. The van der Waals surface area contributed by atoms with Gasteiger partial charge in [0.1, 0.15) is 5.75 Å². The van der Waals surface area contributed by atoms with Crippen LogP contribution in [0.5, 0.6) is 5.75 Å². The Kier molecular flexibility index (Phi) is 5.53. The second-order valence-corrected chi connectivity index (χ2v) is 6.15. The number of aliphatic hydroxyl groups is 1. The molecule has 0 spiro atoms. The van der Waals surface area contributed by atoms with Crippen LogP contribution in [0.4, 0.5) is 11.4 Å². The van der Waals surface area contributed by atoms with Crippen LogP contribution in [0.25, 0.3) is 0 Å². The minimum absolute atomic E-state index is 0.0897. The third-order valence-electron chi connectivity index (χ3n) is 4.33. The van der Waals surface area contributed by atoms with Gasteiger partial charge in [-0.1, -0.05) is 24.3 Å². The summed E-state index contributed by atoms with van der Waals surface area (Å²) in [6.45, 7) is 2.62. The SMILES string of the molecule is CCOc1ccccc1N1CC(C(=O)Nc2cccc(CO)c2)CC1=O. The predicted octanol–water partition coefficient (Wildman–Crippen LogP) is 2.57. The molecule has 3 rings (SSSR count). The van der Waals surface area contributed by atoms with Gasteiger partial charge in [-0.25, -0.2) is 0 Å². The number of anilines is 2.